The lowest BCUT2D eigenvalue weighted by Crippen LogP contribution is -2.28. The third-order valence-electron chi connectivity index (χ3n) is 2.32. The normalized spacial score (nSPS) is 12.7. The van der Waals surface area contributed by atoms with Crippen molar-refractivity contribution in [2.75, 3.05) is 0 Å². The monoisotopic (exact) mass is 408 g/mol. The highest BCUT2D eigenvalue weighted by Gasteiger charge is 2.15. The molecule has 5 heteroatoms. The van der Waals surface area contributed by atoms with Crippen molar-refractivity contribution in [1.29, 1.82) is 0 Å². The quantitative estimate of drug-likeness (QED) is 0.462. The second kappa shape index (κ2) is 5.59. The molecule has 0 saturated heterocycles. The lowest BCUT2D eigenvalue weighted by atomic mass is 10.0. The van der Waals surface area contributed by atoms with Gasteiger partial charge in [0, 0.05) is 13.4 Å². The van der Waals surface area contributed by atoms with Crippen molar-refractivity contribution in [2.24, 2.45) is 5.84 Å². The van der Waals surface area contributed by atoms with Gasteiger partial charge in [0.05, 0.1) is 6.04 Å². The molecule has 1 atom stereocenters. The van der Waals surface area contributed by atoms with Crippen LogP contribution in [0.25, 0.3) is 0 Å². The van der Waals surface area contributed by atoms with Gasteiger partial charge in [0.25, 0.3) is 0 Å². The Hall–Kier alpha value is 0.0500. The first-order valence-corrected chi connectivity index (χ1v) is 7.47. The molecular formula is C11H10BrIN2S. The Morgan fingerprint density at radius 1 is 1.25 bits per heavy atom. The van der Waals surface area contributed by atoms with E-state index in [0.29, 0.717) is 0 Å². The molecule has 16 heavy (non-hydrogen) atoms. The van der Waals surface area contributed by atoms with E-state index in [1.165, 1.54) is 14.7 Å². The van der Waals surface area contributed by atoms with Crippen LogP contribution in [0.1, 0.15) is 17.2 Å². The number of nitrogens with one attached hydrogen (secondary N) is 1. The summed E-state index contributed by atoms with van der Waals surface area (Å²) in [6, 6.07) is 8.39. The Morgan fingerprint density at radius 3 is 2.44 bits per heavy atom. The SMILES string of the molecule is NNC(c1ccc(I)cc1)c1cscc1Br. The summed E-state index contributed by atoms with van der Waals surface area (Å²) in [6.45, 7) is 0. The van der Waals surface area contributed by atoms with Crippen molar-refractivity contribution in [3.05, 3.63) is 54.2 Å². The van der Waals surface area contributed by atoms with Crippen LogP contribution in [-0.4, -0.2) is 0 Å². The Labute approximate surface area is 120 Å². The molecule has 0 aliphatic carbocycles. The van der Waals surface area contributed by atoms with E-state index in [2.05, 4.69) is 79.0 Å². The third kappa shape index (κ3) is 2.65. The second-order valence-electron chi connectivity index (χ2n) is 3.33. The fourth-order valence-corrected chi connectivity index (χ4v) is 3.43. The van der Waals surface area contributed by atoms with E-state index in [1.54, 1.807) is 11.3 Å². The van der Waals surface area contributed by atoms with Crippen LogP contribution >= 0.6 is 49.9 Å². The number of hydrazine groups is 1. The molecule has 1 aromatic heterocycles. The van der Waals surface area contributed by atoms with Gasteiger partial charge >= 0.3 is 0 Å². The molecule has 2 rings (SSSR count). The summed E-state index contributed by atoms with van der Waals surface area (Å²) in [5.74, 6) is 5.63. The van der Waals surface area contributed by atoms with E-state index in [-0.39, 0.29) is 6.04 Å². The fraction of sp³-hybridized carbons (Fsp3) is 0.0909. The standard InChI is InChI=1S/C11H10BrIN2S/c12-10-6-16-5-9(10)11(15-14)7-1-3-8(13)4-2-7/h1-6,11,15H,14H2. The number of rotatable bonds is 3. The molecule has 1 heterocycles. The van der Waals surface area contributed by atoms with Gasteiger partial charge in [0.15, 0.2) is 0 Å². The van der Waals surface area contributed by atoms with Crippen LogP contribution < -0.4 is 11.3 Å². The number of halogens is 2. The van der Waals surface area contributed by atoms with Crippen LogP contribution in [-0.2, 0) is 0 Å². The van der Waals surface area contributed by atoms with Crippen molar-refractivity contribution in [1.82, 2.24) is 5.43 Å². The Kier molecular flexibility index (Phi) is 4.37. The average molecular weight is 409 g/mol. The minimum Gasteiger partial charge on any atom is -0.271 e. The molecule has 0 fully saturated rings. The van der Waals surface area contributed by atoms with Crippen molar-refractivity contribution in [3.63, 3.8) is 0 Å². The highest BCUT2D eigenvalue weighted by Crippen LogP contribution is 2.31. The minimum absolute atomic E-state index is 0.0395. The van der Waals surface area contributed by atoms with Crippen LogP contribution in [0, 0.1) is 3.57 Å². The van der Waals surface area contributed by atoms with Crippen LogP contribution in [0.3, 0.4) is 0 Å². The Morgan fingerprint density at radius 2 is 1.94 bits per heavy atom. The largest absolute Gasteiger partial charge is 0.271 e. The highest BCUT2D eigenvalue weighted by molar-refractivity contribution is 14.1. The second-order valence-corrected chi connectivity index (χ2v) is 6.17. The molecule has 2 aromatic rings. The smallest absolute Gasteiger partial charge is 0.0729 e. The lowest BCUT2D eigenvalue weighted by Gasteiger charge is -2.16. The van der Waals surface area contributed by atoms with E-state index < -0.39 is 0 Å². The maximum Gasteiger partial charge on any atom is 0.0729 e. The van der Waals surface area contributed by atoms with E-state index in [0.717, 1.165) is 4.47 Å². The van der Waals surface area contributed by atoms with Gasteiger partial charge < -0.3 is 0 Å². The zero-order chi connectivity index (χ0) is 11.5. The summed E-state index contributed by atoms with van der Waals surface area (Å²) in [7, 11) is 0. The zero-order valence-corrected chi connectivity index (χ0v) is 12.8. The van der Waals surface area contributed by atoms with E-state index in [1.807, 2.05) is 0 Å². The molecule has 0 aliphatic rings. The molecule has 0 saturated carbocycles. The first-order valence-electron chi connectivity index (χ1n) is 4.65. The molecule has 0 bridgehead atoms. The van der Waals surface area contributed by atoms with Crippen LogP contribution in [0.2, 0.25) is 0 Å². The molecule has 2 nitrogen and oxygen atoms in total. The lowest BCUT2D eigenvalue weighted by molar-refractivity contribution is 0.636. The zero-order valence-electron chi connectivity index (χ0n) is 8.28. The van der Waals surface area contributed by atoms with Crippen molar-refractivity contribution in [2.45, 2.75) is 6.04 Å². The molecule has 0 radical (unpaired) electrons. The topological polar surface area (TPSA) is 38.0 Å². The minimum atomic E-state index is 0.0395. The third-order valence-corrected chi connectivity index (χ3v) is 4.79. The maximum atomic E-state index is 5.63. The molecule has 0 amide bonds. The highest BCUT2D eigenvalue weighted by atomic mass is 127. The maximum absolute atomic E-state index is 5.63. The van der Waals surface area contributed by atoms with E-state index >= 15 is 0 Å². The average Bonchev–Trinajstić information content (AvgIpc) is 2.69. The van der Waals surface area contributed by atoms with Crippen LogP contribution in [0.5, 0.6) is 0 Å². The summed E-state index contributed by atoms with van der Waals surface area (Å²) >= 11 is 7.49. The van der Waals surface area contributed by atoms with Gasteiger partial charge in [0.2, 0.25) is 0 Å². The molecule has 0 aliphatic heterocycles. The molecule has 84 valence electrons. The molecular weight excluding hydrogens is 399 g/mol. The van der Waals surface area contributed by atoms with Gasteiger partial charge in [-0.3, -0.25) is 5.84 Å². The van der Waals surface area contributed by atoms with Crippen LogP contribution in [0.4, 0.5) is 0 Å². The predicted molar refractivity (Wildman–Crippen MR) is 80.3 cm³/mol. The Balaban J connectivity index is 2.37. The summed E-state index contributed by atoms with van der Waals surface area (Å²) in [5, 5.41) is 4.17. The van der Waals surface area contributed by atoms with Crippen molar-refractivity contribution in [3.8, 4) is 0 Å². The number of nitrogens with two attached hydrogens (primary N) is 1. The summed E-state index contributed by atoms with van der Waals surface area (Å²) in [4.78, 5) is 0. The van der Waals surface area contributed by atoms with Gasteiger partial charge in [-0.25, -0.2) is 5.43 Å². The summed E-state index contributed by atoms with van der Waals surface area (Å²) in [6.07, 6.45) is 0. The first kappa shape index (κ1) is 12.5. The van der Waals surface area contributed by atoms with Crippen molar-refractivity contribution >= 4 is 49.9 Å². The van der Waals surface area contributed by atoms with E-state index in [4.69, 9.17) is 5.84 Å². The molecule has 1 unspecified atom stereocenters. The molecule has 0 spiro atoms. The molecule has 3 N–H and O–H groups in total. The number of hydrogen-bond donors (Lipinski definition) is 2. The summed E-state index contributed by atoms with van der Waals surface area (Å²) < 4.78 is 2.32. The predicted octanol–water partition coefficient (Wildman–Crippen LogP) is 3.67. The first-order chi connectivity index (χ1) is 7.72. The number of hydrogen-bond acceptors (Lipinski definition) is 3. The number of thiophene rings is 1. The number of benzene rings is 1. The van der Waals surface area contributed by atoms with Crippen molar-refractivity contribution < 1.29 is 0 Å². The van der Waals surface area contributed by atoms with Crippen LogP contribution in [0.15, 0.2) is 39.5 Å². The van der Waals surface area contributed by atoms with Gasteiger partial charge in [-0.15, -0.1) is 0 Å². The molecule has 1 aromatic carbocycles. The van der Waals surface area contributed by atoms with Gasteiger partial charge in [-0.1, -0.05) is 12.1 Å². The fourth-order valence-electron chi connectivity index (χ4n) is 1.52. The van der Waals surface area contributed by atoms with Gasteiger partial charge in [0.1, 0.15) is 0 Å². The summed E-state index contributed by atoms with van der Waals surface area (Å²) in [5.41, 5.74) is 5.20. The Bertz CT molecular complexity index is 469. The van der Waals surface area contributed by atoms with Gasteiger partial charge in [-0.05, 0) is 67.2 Å². The van der Waals surface area contributed by atoms with Gasteiger partial charge in [-0.2, -0.15) is 11.3 Å². The van der Waals surface area contributed by atoms with E-state index in [9.17, 15) is 0 Å².